The van der Waals surface area contributed by atoms with E-state index in [0.29, 0.717) is 18.0 Å². The Bertz CT molecular complexity index is 596. The lowest BCUT2D eigenvalue weighted by atomic mass is 10.2. The number of anilines is 1. The molecule has 1 amide bonds. The van der Waals surface area contributed by atoms with E-state index in [9.17, 15) is 13.6 Å². The first kappa shape index (κ1) is 13.2. The molecule has 1 heterocycles. The molecule has 6 heteroatoms. The molecule has 0 saturated heterocycles. The summed E-state index contributed by atoms with van der Waals surface area (Å²) >= 11 is 0. The summed E-state index contributed by atoms with van der Waals surface area (Å²) in [6, 6.07) is 3.20. The quantitative estimate of drug-likeness (QED) is 0.925. The van der Waals surface area contributed by atoms with Crippen molar-refractivity contribution in [1.82, 2.24) is 4.98 Å². The number of aryl methyl sites for hydroxylation is 2. The van der Waals surface area contributed by atoms with Gasteiger partial charge < -0.3 is 9.73 Å². The van der Waals surface area contributed by atoms with Gasteiger partial charge in [0.2, 0.25) is 5.91 Å². The standard InChI is InChI=1S/C13H12F2N2O2/c1-8-16-10(7-19-8)3-5-13(18)17-9-2-4-11(14)12(15)6-9/h2,4,6-7H,3,5H2,1H3,(H,17,18). The lowest BCUT2D eigenvalue weighted by Crippen LogP contribution is -2.12. The summed E-state index contributed by atoms with van der Waals surface area (Å²) in [7, 11) is 0. The number of hydrogen-bond donors (Lipinski definition) is 1. The summed E-state index contributed by atoms with van der Waals surface area (Å²) in [6.45, 7) is 1.71. The van der Waals surface area contributed by atoms with Gasteiger partial charge in [-0.3, -0.25) is 4.79 Å². The number of aromatic nitrogens is 1. The Balaban J connectivity index is 1.88. The summed E-state index contributed by atoms with van der Waals surface area (Å²) in [6.07, 6.45) is 2.10. The number of nitrogens with zero attached hydrogens (tertiary/aromatic N) is 1. The maximum absolute atomic E-state index is 12.9. The molecule has 0 aliphatic carbocycles. The van der Waals surface area contributed by atoms with Crippen molar-refractivity contribution in [3.05, 3.63) is 47.7 Å². The fourth-order valence-corrected chi connectivity index (χ4v) is 1.56. The van der Waals surface area contributed by atoms with Gasteiger partial charge in [-0.2, -0.15) is 0 Å². The van der Waals surface area contributed by atoms with Crippen LogP contribution in [0.5, 0.6) is 0 Å². The van der Waals surface area contributed by atoms with E-state index in [2.05, 4.69) is 10.3 Å². The summed E-state index contributed by atoms with van der Waals surface area (Å²) < 4.78 is 30.6. The highest BCUT2D eigenvalue weighted by Crippen LogP contribution is 2.13. The van der Waals surface area contributed by atoms with Gasteiger partial charge >= 0.3 is 0 Å². The zero-order valence-corrected chi connectivity index (χ0v) is 10.2. The fraction of sp³-hybridized carbons (Fsp3) is 0.231. The van der Waals surface area contributed by atoms with Gasteiger partial charge in [-0.1, -0.05) is 0 Å². The molecule has 100 valence electrons. The number of nitrogens with one attached hydrogen (secondary N) is 1. The van der Waals surface area contributed by atoms with Gasteiger partial charge in [0, 0.05) is 31.5 Å². The second-order valence-corrected chi connectivity index (χ2v) is 4.03. The van der Waals surface area contributed by atoms with Crippen LogP contribution in [-0.4, -0.2) is 10.9 Å². The van der Waals surface area contributed by atoms with Crippen molar-refractivity contribution in [1.29, 1.82) is 0 Å². The number of oxazole rings is 1. The van der Waals surface area contributed by atoms with Crippen LogP contribution < -0.4 is 5.32 Å². The van der Waals surface area contributed by atoms with Gasteiger partial charge in [0.15, 0.2) is 17.5 Å². The normalized spacial score (nSPS) is 10.5. The van der Waals surface area contributed by atoms with Crippen molar-refractivity contribution in [3.8, 4) is 0 Å². The Morgan fingerprint density at radius 1 is 1.37 bits per heavy atom. The molecule has 0 fully saturated rings. The minimum Gasteiger partial charge on any atom is -0.449 e. The van der Waals surface area contributed by atoms with Gasteiger partial charge in [-0.15, -0.1) is 0 Å². The van der Waals surface area contributed by atoms with Crippen molar-refractivity contribution in [2.75, 3.05) is 5.32 Å². The topological polar surface area (TPSA) is 55.1 Å². The van der Waals surface area contributed by atoms with Crippen LogP contribution in [0, 0.1) is 18.6 Å². The molecular formula is C13H12F2N2O2. The van der Waals surface area contributed by atoms with Gasteiger partial charge in [0.05, 0.1) is 5.69 Å². The number of carbonyl (C=O) groups is 1. The van der Waals surface area contributed by atoms with Crippen LogP contribution in [0.2, 0.25) is 0 Å². The largest absolute Gasteiger partial charge is 0.449 e. The highest BCUT2D eigenvalue weighted by molar-refractivity contribution is 5.90. The Morgan fingerprint density at radius 3 is 2.79 bits per heavy atom. The SMILES string of the molecule is Cc1nc(CCC(=O)Nc2ccc(F)c(F)c2)co1. The van der Waals surface area contributed by atoms with Crippen LogP contribution in [0.4, 0.5) is 14.5 Å². The zero-order chi connectivity index (χ0) is 13.8. The maximum Gasteiger partial charge on any atom is 0.224 e. The monoisotopic (exact) mass is 266 g/mol. The van der Waals surface area contributed by atoms with E-state index in [1.807, 2.05) is 0 Å². The molecule has 1 N–H and O–H groups in total. The van der Waals surface area contributed by atoms with Crippen molar-refractivity contribution >= 4 is 11.6 Å². The van der Waals surface area contributed by atoms with E-state index in [1.54, 1.807) is 6.92 Å². The number of halogens is 2. The third-order valence-corrected chi connectivity index (χ3v) is 2.48. The summed E-state index contributed by atoms with van der Waals surface area (Å²) in [4.78, 5) is 15.7. The van der Waals surface area contributed by atoms with Crippen LogP contribution in [0.3, 0.4) is 0 Å². The van der Waals surface area contributed by atoms with Crippen LogP contribution in [0.25, 0.3) is 0 Å². The number of benzene rings is 1. The van der Waals surface area contributed by atoms with Crippen molar-refractivity contribution in [2.24, 2.45) is 0 Å². The van der Waals surface area contributed by atoms with Crippen molar-refractivity contribution in [2.45, 2.75) is 19.8 Å². The van der Waals surface area contributed by atoms with E-state index in [1.165, 1.54) is 12.3 Å². The molecule has 1 aromatic carbocycles. The minimum absolute atomic E-state index is 0.185. The second-order valence-electron chi connectivity index (χ2n) is 4.03. The Kier molecular flexibility index (Phi) is 3.89. The smallest absolute Gasteiger partial charge is 0.224 e. The molecule has 2 rings (SSSR count). The molecule has 0 aliphatic rings. The fourth-order valence-electron chi connectivity index (χ4n) is 1.56. The van der Waals surface area contributed by atoms with Gasteiger partial charge in [0.1, 0.15) is 6.26 Å². The third-order valence-electron chi connectivity index (χ3n) is 2.48. The molecule has 0 unspecified atom stereocenters. The first-order valence-corrected chi connectivity index (χ1v) is 5.70. The van der Waals surface area contributed by atoms with Gasteiger partial charge in [-0.25, -0.2) is 13.8 Å². The predicted molar refractivity (Wildman–Crippen MR) is 64.5 cm³/mol. The second kappa shape index (κ2) is 5.60. The van der Waals surface area contributed by atoms with E-state index in [-0.39, 0.29) is 18.0 Å². The molecule has 0 spiro atoms. The van der Waals surface area contributed by atoms with Crippen LogP contribution in [0.15, 0.2) is 28.9 Å². The van der Waals surface area contributed by atoms with Gasteiger partial charge in [0.25, 0.3) is 0 Å². The number of carbonyl (C=O) groups excluding carboxylic acids is 1. The molecule has 0 atom stereocenters. The van der Waals surface area contributed by atoms with Crippen molar-refractivity contribution in [3.63, 3.8) is 0 Å². The highest BCUT2D eigenvalue weighted by atomic mass is 19.2. The zero-order valence-electron chi connectivity index (χ0n) is 10.2. The third kappa shape index (κ3) is 3.61. The number of amides is 1. The molecule has 19 heavy (non-hydrogen) atoms. The summed E-state index contributed by atoms with van der Waals surface area (Å²) in [5, 5.41) is 2.48. The predicted octanol–water partition coefficient (Wildman–Crippen LogP) is 2.83. The van der Waals surface area contributed by atoms with E-state index in [4.69, 9.17) is 4.42 Å². The number of rotatable bonds is 4. The minimum atomic E-state index is -0.995. The molecule has 0 saturated carbocycles. The first-order valence-electron chi connectivity index (χ1n) is 5.70. The summed E-state index contributed by atoms with van der Waals surface area (Å²) in [5.74, 6) is -1.70. The van der Waals surface area contributed by atoms with Gasteiger partial charge in [-0.05, 0) is 12.1 Å². The maximum atomic E-state index is 12.9. The van der Waals surface area contributed by atoms with Crippen molar-refractivity contribution < 1.29 is 18.0 Å². The molecule has 1 aromatic heterocycles. The van der Waals surface area contributed by atoms with E-state index in [0.717, 1.165) is 12.1 Å². The lowest BCUT2D eigenvalue weighted by molar-refractivity contribution is -0.116. The lowest BCUT2D eigenvalue weighted by Gasteiger charge is -2.04. The van der Waals surface area contributed by atoms with E-state index < -0.39 is 11.6 Å². The van der Waals surface area contributed by atoms with E-state index >= 15 is 0 Å². The average molecular weight is 266 g/mol. The summed E-state index contributed by atoms with van der Waals surface area (Å²) in [5.41, 5.74) is 0.901. The highest BCUT2D eigenvalue weighted by Gasteiger charge is 2.08. The molecule has 2 aromatic rings. The Hall–Kier alpha value is -2.24. The first-order chi connectivity index (χ1) is 9.04. The Morgan fingerprint density at radius 2 is 2.16 bits per heavy atom. The molecular weight excluding hydrogens is 254 g/mol. The molecule has 0 radical (unpaired) electrons. The Labute approximate surface area is 108 Å². The molecule has 4 nitrogen and oxygen atoms in total. The van der Waals surface area contributed by atoms with Crippen LogP contribution in [0.1, 0.15) is 18.0 Å². The molecule has 0 bridgehead atoms. The molecule has 0 aliphatic heterocycles. The average Bonchev–Trinajstić information content (AvgIpc) is 2.77. The van der Waals surface area contributed by atoms with Crippen LogP contribution >= 0.6 is 0 Å². The number of hydrogen-bond acceptors (Lipinski definition) is 3. The van der Waals surface area contributed by atoms with Crippen LogP contribution in [-0.2, 0) is 11.2 Å².